The normalized spacial score (nSPS) is 11.1. The molecule has 4 rings (SSSR count). The zero-order valence-corrected chi connectivity index (χ0v) is 18.8. The summed E-state index contributed by atoms with van der Waals surface area (Å²) in [6.07, 6.45) is 4.70. The Hall–Kier alpha value is -4.15. The van der Waals surface area contributed by atoms with E-state index < -0.39 is 17.5 Å². The van der Waals surface area contributed by atoms with Crippen LogP contribution in [0.25, 0.3) is 16.9 Å². The van der Waals surface area contributed by atoms with E-state index in [4.69, 9.17) is 0 Å². The minimum Gasteiger partial charge on any atom is -0.346 e. The van der Waals surface area contributed by atoms with Gasteiger partial charge < -0.3 is 5.32 Å². The van der Waals surface area contributed by atoms with Gasteiger partial charge in [-0.25, -0.2) is 8.78 Å². The van der Waals surface area contributed by atoms with Crippen molar-refractivity contribution in [2.24, 2.45) is 5.92 Å². The van der Waals surface area contributed by atoms with Gasteiger partial charge in [0.2, 0.25) is 0 Å². The molecule has 9 nitrogen and oxygen atoms in total. The number of hydrogen-bond donors (Lipinski definition) is 1. The molecule has 11 heteroatoms. The van der Waals surface area contributed by atoms with Crippen molar-refractivity contribution in [3.8, 4) is 16.9 Å². The third kappa shape index (κ3) is 5.25. The zero-order valence-electron chi connectivity index (χ0n) is 18.8. The Morgan fingerprint density at radius 2 is 1.88 bits per heavy atom. The monoisotopic (exact) mass is 464 g/mol. The number of hydrogen-bond acceptors (Lipinski definition) is 7. The molecule has 34 heavy (non-hydrogen) atoms. The van der Waals surface area contributed by atoms with Crippen LogP contribution < -0.4 is 5.32 Å². The number of amides is 1. The Labute approximate surface area is 194 Å². The number of rotatable bonds is 7. The van der Waals surface area contributed by atoms with Gasteiger partial charge in [-0.15, -0.1) is 5.10 Å². The first-order valence-electron chi connectivity index (χ1n) is 10.6. The molecule has 0 atom stereocenters. The number of nitrogens with zero attached hydrogens (tertiary/aromatic N) is 7. The molecule has 0 bridgehead atoms. The maximum Gasteiger partial charge on any atom is 0.251 e. The van der Waals surface area contributed by atoms with Gasteiger partial charge in [0.25, 0.3) is 5.91 Å². The molecule has 0 aliphatic carbocycles. The van der Waals surface area contributed by atoms with E-state index in [2.05, 4.69) is 35.8 Å². The molecule has 0 spiro atoms. The van der Waals surface area contributed by atoms with Crippen LogP contribution in [-0.2, 0) is 13.0 Å². The average Bonchev–Trinajstić information content (AvgIpc) is 3.25. The lowest BCUT2D eigenvalue weighted by Gasteiger charge is -2.12. The summed E-state index contributed by atoms with van der Waals surface area (Å²) >= 11 is 0. The second kappa shape index (κ2) is 9.77. The third-order valence-corrected chi connectivity index (χ3v) is 4.90. The number of halogens is 2. The first-order valence-corrected chi connectivity index (χ1v) is 10.6. The number of benzene rings is 1. The van der Waals surface area contributed by atoms with Crippen molar-refractivity contribution in [2.75, 3.05) is 0 Å². The number of tetrazole rings is 1. The topological polar surface area (TPSA) is 111 Å². The Bertz CT molecular complexity index is 1320. The second-order valence-electron chi connectivity index (χ2n) is 8.19. The molecular weight excluding hydrogens is 442 g/mol. The number of pyridine rings is 1. The van der Waals surface area contributed by atoms with Crippen LogP contribution in [0.3, 0.4) is 0 Å². The van der Waals surface area contributed by atoms with E-state index in [0.717, 1.165) is 18.0 Å². The van der Waals surface area contributed by atoms with E-state index in [-0.39, 0.29) is 29.3 Å². The summed E-state index contributed by atoms with van der Waals surface area (Å²) < 4.78 is 29.5. The molecule has 0 fully saturated rings. The van der Waals surface area contributed by atoms with Gasteiger partial charge in [0, 0.05) is 29.8 Å². The first kappa shape index (κ1) is 23.0. The Balaban J connectivity index is 1.73. The molecule has 1 amide bonds. The molecular formula is C23H22F2N8O. The fourth-order valence-electron chi connectivity index (χ4n) is 3.31. The molecule has 0 radical (unpaired) electrons. The predicted molar refractivity (Wildman–Crippen MR) is 119 cm³/mol. The molecule has 3 heterocycles. The van der Waals surface area contributed by atoms with Gasteiger partial charge in [-0.1, -0.05) is 13.8 Å². The predicted octanol–water partition coefficient (Wildman–Crippen LogP) is 3.23. The van der Waals surface area contributed by atoms with Crippen LogP contribution >= 0.6 is 0 Å². The molecule has 0 aliphatic heterocycles. The number of carbonyl (C=O) groups is 1. The van der Waals surface area contributed by atoms with Crippen molar-refractivity contribution in [2.45, 2.75) is 33.7 Å². The summed E-state index contributed by atoms with van der Waals surface area (Å²) in [5.41, 5.74) is 2.20. The molecule has 0 unspecified atom stereocenters. The van der Waals surface area contributed by atoms with Crippen molar-refractivity contribution < 1.29 is 13.6 Å². The second-order valence-corrected chi connectivity index (χ2v) is 8.19. The van der Waals surface area contributed by atoms with Crippen LogP contribution in [0, 0.1) is 24.5 Å². The summed E-state index contributed by atoms with van der Waals surface area (Å²) in [5, 5.41) is 14.6. The van der Waals surface area contributed by atoms with E-state index in [1.165, 1.54) is 10.7 Å². The van der Waals surface area contributed by atoms with E-state index in [1.807, 2.05) is 20.8 Å². The molecule has 0 aliphatic rings. The lowest BCUT2D eigenvalue weighted by atomic mass is 10.0. The van der Waals surface area contributed by atoms with Crippen LogP contribution in [-0.4, -0.2) is 41.1 Å². The summed E-state index contributed by atoms with van der Waals surface area (Å²) in [4.78, 5) is 25.3. The van der Waals surface area contributed by atoms with Crippen LogP contribution in [0.2, 0.25) is 0 Å². The zero-order chi connectivity index (χ0) is 24.2. The lowest BCUT2D eigenvalue weighted by molar-refractivity contribution is 0.0950. The van der Waals surface area contributed by atoms with Crippen molar-refractivity contribution in [1.82, 2.24) is 40.5 Å². The van der Waals surface area contributed by atoms with E-state index in [1.54, 1.807) is 24.5 Å². The molecule has 0 saturated heterocycles. The number of aryl methyl sites for hydroxylation is 1. The maximum absolute atomic E-state index is 14.5. The van der Waals surface area contributed by atoms with Crippen molar-refractivity contribution in [1.29, 1.82) is 0 Å². The minimum atomic E-state index is -0.849. The van der Waals surface area contributed by atoms with Crippen LogP contribution in [0.1, 0.15) is 41.4 Å². The van der Waals surface area contributed by atoms with Gasteiger partial charge in [0.05, 0.1) is 36.0 Å². The highest BCUT2D eigenvalue weighted by Gasteiger charge is 2.18. The molecule has 1 N–H and O–H groups in total. The molecule has 4 aromatic rings. The maximum atomic E-state index is 14.5. The fourth-order valence-corrected chi connectivity index (χ4v) is 3.31. The van der Waals surface area contributed by atoms with E-state index >= 15 is 0 Å². The summed E-state index contributed by atoms with van der Waals surface area (Å²) in [6, 6.07) is 5.43. The average molecular weight is 464 g/mol. The smallest absolute Gasteiger partial charge is 0.251 e. The Morgan fingerprint density at radius 3 is 2.59 bits per heavy atom. The largest absolute Gasteiger partial charge is 0.346 e. The minimum absolute atomic E-state index is 0.0971. The number of aromatic nitrogens is 7. The van der Waals surface area contributed by atoms with Crippen molar-refractivity contribution in [3.05, 3.63) is 77.3 Å². The SMILES string of the molecule is Cc1cnc(CNC(=O)c2cc(-c3ncc(F)cc3F)cc(-n3nnnc3CC(C)C)c2)cn1. The van der Waals surface area contributed by atoms with Crippen molar-refractivity contribution >= 4 is 5.91 Å². The van der Waals surface area contributed by atoms with Gasteiger partial charge in [0.15, 0.2) is 11.6 Å². The van der Waals surface area contributed by atoms with E-state index in [9.17, 15) is 13.6 Å². The molecule has 3 aromatic heterocycles. The van der Waals surface area contributed by atoms with Crippen molar-refractivity contribution in [3.63, 3.8) is 0 Å². The van der Waals surface area contributed by atoms with Gasteiger partial charge in [-0.05, 0) is 41.5 Å². The van der Waals surface area contributed by atoms with Gasteiger partial charge >= 0.3 is 0 Å². The quantitative estimate of drug-likeness (QED) is 0.447. The van der Waals surface area contributed by atoms with Crippen LogP contribution in [0.4, 0.5) is 8.78 Å². The van der Waals surface area contributed by atoms with Gasteiger partial charge in [-0.2, -0.15) is 4.68 Å². The Kier molecular flexibility index (Phi) is 6.62. The van der Waals surface area contributed by atoms with Crippen LogP contribution in [0.15, 0.2) is 42.9 Å². The van der Waals surface area contributed by atoms with Gasteiger partial charge in [0.1, 0.15) is 11.5 Å². The van der Waals surface area contributed by atoms with Gasteiger partial charge in [-0.3, -0.25) is 19.7 Å². The molecule has 1 aromatic carbocycles. The molecule has 174 valence electrons. The summed E-state index contributed by atoms with van der Waals surface area (Å²) in [7, 11) is 0. The highest BCUT2D eigenvalue weighted by Crippen LogP contribution is 2.26. The summed E-state index contributed by atoms with van der Waals surface area (Å²) in [5.74, 6) is -1.21. The Morgan fingerprint density at radius 1 is 1.06 bits per heavy atom. The van der Waals surface area contributed by atoms with Crippen LogP contribution in [0.5, 0.6) is 0 Å². The fraction of sp³-hybridized carbons (Fsp3) is 0.261. The highest BCUT2D eigenvalue weighted by atomic mass is 19.1. The summed E-state index contributed by atoms with van der Waals surface area (Å²) in [6.45, 7) is 6.02. The highest BCUT2D eigenvalue weighted by molar-refractivity contribution is 5.96. The number of nitrogens with one attached hydrogen (secondary N) is 1. The lowest BCUT2D eigenvalue weighted by Crippen LogP contribution is -2.24. The molecule has 0 saturated carbocycles. The first-order chi connectivity index (χ1) is 16.3. The third-order valence-electron chi connectivity index (χ3n) is 4.90. The number of carbonyl (C=O) groups excluding carboxylic acids is 1. The standard InChI is InChI=1S/C23H22F2N8O/c1-13(2)4-21-30-31-32-33(21)19-6-15(22-20(25)8-17(24)10-28-22)5-16(7-19)23(34)29-12-18-11-26-14(3)9-27-18/h5-11,13H,4,12H2,1-3H3,(H,29,34). The van der Waals surface area contributed by atoms with E-state index in [0.29, 0.717) is 23.6 Å².